The molecular formula is C13H24BN3O3. The standard InChI is InChI=1S/C13H24BN3O3/c1-10(18)15-8-5-4-6-11(17(2)3)13(20)16-9-7-12(14)19/h11H,4-9H2,1-3H3,(H,15,18)(H,16,20). The van der Waals surface area contributed by atoms with E-state index >= 15 is 0 Å². The molecule has 0 aromatic heterocycles. The molecule has 7 heteroatoms. The Morgan fingerprint density at radius 1 is 1.10 bits per heavy atom. The molecule has 1 unspecified atom stereocenters. The molecule has 0 saturated heterocycles. The second kappa shape index (κ2) is 10.4. The van der Waals surface area contributed by atoms with E-state index < -0.39 is 5.68 Å². The average Bonchev–Trinajstić information content (AvgIpc) is 2.32. The van der Waals surface area contributed by atoms with Crippen molar-refractivity contribution in [3.63, 3.8) is 0 Å². The SMILES string of the molecule is [B]C(=O)CCNC(=O)C(CCCCNC(C)=O)N(C)C. The van der Waals surface area contributed by atoms with Gasteiger partial charge in [0.15, 0.2) is 7.85 Å². The normalized spacial score (nSPS) is 12.0. The third kappa shape index (κ3) is 9.55. The third-order valence-electron chi connectivity index (χ3n) is 2.87. The second-order valence-electron chi connectivity index (χ2n) is 4.97. The molecular weight excluding hydrogens is 257 g/mol. The van der Waals surface area contributed by atoms with Crippen LogP contribution in [-0.4, -0.2) is 63.5 Å². The maximum atomic E-state index is 12.0. The number of unbranched alkanes of at least 4 members (excludes halogenated alkanes) is 1. The Morgan fingerprint density at radius 3 is 2.25 bits per heavy atom. The van der Waals surface area contributed by atoms with Crippen molar-refractivity contribution >= 4 is 25.3 Å². The minimum Gasteiger partial charge on any atom is -0.356 e. The number of hydrogen-bond acceptors (Lipinski definition) is 4. The first kappa shape index (κ1) is 18.6. The maximum absolute atomic E-state index is 12.0. The number of carbonyl (C=O) groups excluding carboxylic acids is 3. The lowest BCUT2D eigenvalue weighted by Gasteiger charge is -2.23. The van der Waals surface area contributed by atoms with E-state index in [1.54, 1.807) is 0 Å². The predicted molar refractivity (Wildman–Crippen MR) is 78.4 cm³/mol. The van der Waals surface area contributed by atoms with Gasteiger partial charge in [0, 0.05) is 26.4 Å². The van der Waals surface area contributed by atoms with Gasteiger partial charge in [-0.05, 0) is 33.4 Å². The van der Waals surface area contributed by atoms with Gasteiger partial charge in [-0.25, -0.2) is 0 Å². The molecule has 0 saturated carbocycles. The molecule has 0 aromatic carbocycles. The van der Waals surface area contributed by atoms with Crippen LogP contribution in [0.3, 0.4) is 0 Å². The molecule has 0 aromatic rings. The Hall–Kier alpha value is -1.37. The fourth-order valence-electron chi connectivity index (χ4n) is 1.78. The van der Waals surface area contributed by atoms with Crippen LogP contribution in [0, 0.1) is 0 Å². The van der Waals surface area contributed by atoms with E-state index in [0.717, 1.165) is 12.8 Å². The fourth-order valence-corrected chi connectivity index (χ4v) is 1.78. The summed E-state index contributed by atoms with van der Waals surface area (Å²) in [6.45, 7) is 2.37. The topological polar surface area (TPSA) is 78.5 Å². The smallest absolute Gasteiger partial charge is 0.237 e. The molecule has 0 fully saturated rings. The van der Waals surface area contributed by atoms with E-state index in [4.69, 9.17) is 7.85 Å². The average molecular weight is 281 g/mol. The van der Waals surface area contributed by atoms with Gasteiger partial charge >= 0.3 is 0 Å². The zero-order valence-electron chi connectivity index (χ0n) is 12.6. The van der Waals surface area contributed by atoms with Gasteiger partial charge in [-0.2, -0.15) is 0 Å². The number of rotatable bonds is 10. The van der Waals surface area contributed by atoms with Crippen LogP contribution in [-0.2, 0) is 14.4 Å². The van der Waals surface area contributed by atoms with Crippen molar-refractivity contribution in [1.29, 1.82) is 0 Å². The van der Waals surface area contributed by atoms with Crippen LogP contribution in [0.5, 0.6) is 0 Å². The number of nitrogens with zero attached hydrogens (tertiary/aromatic N) is 1. The lowest BCUT2D eigenvalue weighted by atomic mass is 10.00. The molecule has 0 aliphatic rings. The summed E-state index contributed by atoms with van der Waals surface area (Å²) in [6.07, 6.45) is 2.52. The van der Waals surface area contributed by atoms with Gasteiger partial charge in [-0.1, -0.05) is 0 Å². The number of carbonyl (C=O) groups is 3. The second-order valence-corrected chi connectivity index (χ2v) is 4.97. The first-order valence-electron chi connectivity index (χ1n) is 6.81. The number of nitrogens with one attached hydrogen (secondary N) is 2. The van der Waals surface area contributed by atoms with Gasteiger partial charge in [-0.15, -0.1) is 0 Å². The Balaban J connectivity index is 3.99. The summed E-state index contributed by atoms with van der Waals surface area (Å²) >= 11 is 0. The van der Waals surface area contributed by atoms with Gasteiger partial charge < -0.3 is 15.4 Å². The minimum absolute atomic E-state index is 0.0432. The molecule has 0 spiro atoms. The van der Waals surface area contributed by atoms with Crippen molar-refractivity contribution in [3.8, 4) is 0 Å². The Morgan fingerprint density at radius 2 is 1.75 bits per heavy atom. The van der Waals surface area contributed by atoms with Gasteiger partial charge in [0.1, 0.15) is 0 Å². The summed E-state index contributed by atoms with van der Waals surface area (Å²) in [5.74, 6) is -0.144. The lowest BCUT2D eigenvalue weighted by molar-refractivity contribution is -0.126. The first-order valence-corrected chi connectivity index (χ1v) is 6.81. The minimum atomic E-state index is -0.429. The van der Waals surface area contributed by atoms with E-state index in [1.165, 1.54) is 6.92 Å². The van der Waals surface area contributed by atoms with Crippen LogP contribution in [0.15, 0.2) is 0 Å². The monoisotopic (exact) mass is 281 g/mol. The fraction of sp³-hybridized carbons (Fsp3) is 0.769. The van der Waals surface area contributed by atoms with Crippen molar-refractivity contribution in [3.05, 3.63) is 0 Å². The van der Waals surface area contributed by atoms with E-state index in [9.17, 15) is 14.4 Å². The highest BCUT2D eigenvalue weighted by molar-refractivity contribution is 6.57. The number of likely N-dealkylation sites (N-methyl/N-ethyl adjacent to an activating group) is 1. The van der Waals surface area contributed by atoms with Crippen molar-refractivity contribution in [2.45, 2.75) is 38.6 Å². The van der Waals surface area contributed by atoms with Gasteiger partial charge in [0.25, 0.3) is 0 Å². The summed E-state index contributed by atoms with van der Waals surface area (Å²) in [5.41, 5.74) is -0.429. The maximum Gasteiger partial charge on any atom is 0.237 e. The summed E-state index contributed by atoms with van der Waals surface area (Å²) in [6, 6.07) is -0.236. The molecule has 2 N–H and O–H groups in total. The van der Waals surface area contributed by atoms with Crippen LogP contribution in [0.4, 0.5) is 0 Å². The summed E-state index contributed by atoms with van der Waals surface area (Å²) in [7, 11) is 8.70. The molecule has 2 amide bonds. The summed E-state index contributed by atoms with van der Waals surface area (Å²) in [4.78, 5) is 35.1. The number of hydrogen-bond donors (Lipinski definition) is 2. The zero-order valence-corrected chi connectivity index (χ0v) is 12.6. The van der Waals surface area contributed by atoms with Crippen LogP contribution < -0.4 is 10.6 Å². The largest absolute Gasteiger partial charge is 0.356 e. The zero-order chi connectivity index (χ0) is 15.5. The number of amides is 2. The highest BCUT2D eigenvalue weighted by Gasteiger charge is 2.19. The molecule has 2 radical (unpaired) electrons. The third-order valence-corrected chi connectivity index (χ3v) is 2.87. The van der Waals surface area contributed by atoms with E-state index in [-0.39, 0.29) is 30.8 Å². The molecule has 0 aliphatic carbocycles. The van der Waals surface area contributed by atoms with Gasteiger partial charge in [0.05, 0.1) is 11.7 Å². The highest BCUT2D eigenvalue weighted by Crippen LogP contribution is 2.06. The molecule has 0 heterocycles. The highest BCUT2D eigenvalue weighted by atomic mass is 16.2. The molecule has 6 nitrogen and oxygen atoms in total. The van der Waals surface area contributed by atoms with Crippen molar-refractivity contribution in [1.82, 2.24) is 15.5 Å². The van der Waals surface area contributed by atoms with Crippen molar-refractivity contribution < 1.29 is 14.4 Å². The van der Waals surface area contributed by atoms with Gasteiger partial charge in [-0.3, -0.25) is 14.5 Å². The predicted octanol–water partition coefficient (Wildman–Crippen LogP) is -0.576. The Labute approximate surface area is 122 Å². The summed E-state index contributed by atoms with van der Waals surface area (Å²) < 4.78 is 0. The van der Waals surface area contributed by atoms with Crippen LogP contribution in [0.2, 0.25) is 0 Å². The van der Waals surface area contributed by atoms with E-state index in [0.29, 0.717) is 13.0 Å². The Bertz CT molecular complexity index is 335. The molecule has 0 bridgehead atoms. The molecule has 112 valence electrons. The molecule has 20 heavy (non-hydrogen) atoms. The Kier molecular flexibility index (Phi) is 9.71. The van der Waals surface area contributed by atoms with Crippen LogP contribution in [0.1, 0.15) is 32.6 Å². The van der Waals surface area contributed by atoms with Crippen LogP contribution >= 0.6 is 0 Å². The molecule has 1 atom stereocenters. The van der Waals surface area contributed by atoms with E-state index in [1.807, 2.05) is 19.0 Å². The van der Waals surface area contributed by atoms with Crippen LogP contribution in [0.25, 0.3) is 0 Å². The lowest BCUT2D eigenvalue weighted by Crippen LogP contribution is -2.44. The quantitative estimate of drug-likeness (QED) is 0.415. The molecule has 0 aliphatic heterocycles. The summed E-state index contributed by atoms with van der Waals surface area (Å²) in [5, 5.41) is 5.42. The first-order chi connectivity index (χ1) is 9.34. The van der Waals surface area contributed by atoms with Crippen molar-refractivity contribution in [2.75, 3.05) is 27.2 Å². The van der Waals surface area contributed by atoms with Gasteiger partial charge in [0.2, 0.25) is 11.8 Å². The van der Waals surface area contributed by atoms with Crippen molar-refractivity contribution in [2.24, 2.45) is 0 Å². The molecule has 0 rings (SSSR count). The van der Waals surface area contributed by atoms with E-state index in [2.05, 4.69) is 10.6 Å².